The molecule has 0 unspecified atom stereocenters. The first-order chi connectivity index (χ1) is 14.9. The Hall–Kier alpha value is -1.84. The van der Waals surface area contributed by atoms with Crippen LogP contribution in [-0.4, -0.2) is 98.7 Å². The van der Waals surface area contributed by atoms with Crippen LogP contribution in [0.4, 0.5) is 0 Å². The summed E-state index contributed by atoms with van der Waals surface area (Å²) in [6, 6.07) is 20.0. The fourth-order valence-electron chi connectivity index (χ4n) is 6.31. The first-order valence-corrected chi connectivity index (χ1v) is 10.9. The second kappa shape index (κ2) is 7.64. The fraction of sp³-hybridized carbons (Fsp3) is 0.500. The smallest absolute Gasteiger partial charge is 0.111 e. The second-order valence-corrected chi connectivity index (χ2v) is 9.40. The highest BCUT2D eigenvalue weighted by Gasteiger charge is 2.67. The van der Waals surface area contributed by atoms with Crippen LogP contribution in [0.15, 0.2) is 60.7 Å². The third-order valence-electron chi connectivity index (χ3n) is 7.67. The summed E-state index contributed by atoms with van der Waals surface area (Å²) in [6.45, 7) is 1.52. The van der Waals surface area contributed by atoms with Crippen LogP contribution in [0, 0.1) is 0 Å². The van der Waals surface area contributed by atoms with E-state index < -0.39 is 48.0 Å². The highest BCUT2D eigenvalue weighted by Crippen LogP contribution is 2.53. The normalized spacial score (nSPS) is 39.3. The molecule has 6 rings (SSSR count). The lowest BCUT2D eigenvalue weighted by atomic mass is 9.54. The number of nitrogens with zero attached hydrogens (tertiary/aromatic N) is 2. The minimum atomic E-state index is -1.46. The summed E-state index contributed by atoms with van der Waals surface area (Å²) in [4.78, 5) is 4.25. The molecule has 166 valence electrons. The standard InChI is InChI=1S/C24H30N2O5/c27-11-18(28)19(29)20(30)21-25-12-23(16-7-3-1-4-8-16)13-26(21)15-24(14-25,22(23)31)17-9-5-2-6-10-17/h1-10,18-22,27-31H,11-15H2/t18-,19+,20+,21?,22?,23?,24?/m0/s1. The minimum absolute atomic E-state index is 0.502. The maximum Gasteiger partial charge on any atom is 0.111 e. The third kappa shape index (κ3) is 3.00. The van der Waals surface area contributed by atoms with E-state index in [0.717, 1.165) is 11.1 Å². The van der Waals surface area contributed by atoms with Gasteiger partial charge in [0.1, 0.15) is 18.3 Å². The largest absolute Gasteiger partial charge is 0.394 e. The van der Waals surface area contributed by atoms with E-state index in [2.05, 4.69) is 9.80 Å². The van der Waals surface area contributed by atoms with E-state index in [0.29, 0.717) is 26.2 Å². The maximum atomic E-state index is 11.9. The zero-order valence-corrected chi connectivity index (χ0v) is 17.3. The summed E-state index contributed by atoms with van der Waals surface area (Å²) in [5.74, 6) is 0. The van der Waals surface area contributed by atoms with Gasteiger partial charge in [0.25, 0.3) is 0 Å². The Morgan fingerprint density at radius 3 is 1.58 bits per heavy atom. The molecule has 31 heavy (non-hydrogen) atoms. The van der Waals surface area contributed by atoms with Crippen LogP contribution in [-0.2, 0) is 10.8 Å². The molecule has 3 atom stereocenters. The van der Waals surface area contributed by atoms with Gasteiger partial charge in [0.05, 0.1) is 18.9 Å². The third-order valence-corrected chi connectivity index (χ3v) is 7.67. The van der Waals surface area contributed by atoms with Gasteiger partial charge in [0.2, 0.25) is 0 Å². The van der Waals surface area contributed by atoms with Gasteiger partial charge in [0.15, 0.2) is 0 Å². The quantitative estimate of drug-likeness (QED) is 0.415. The number of hydrogen-bond donors (Lipinski definition) is 5. The molecular weight excluding hydrogens is 396 g/mol. The first-order valence-electron chi connectivity index (χ1n) is 10.9. The molecule has 7 heteroatoms. The molecule has 4 bridgehead atoms. The lowest BCUT2D eigenvalue weighted by molar-refractivity contribution is -0.241. The zero-order valence-electron chi connectivity index (χ0n) is 17.3. The van der Waals surface area contributed by atoms with Crippen molar-refractivity contribution in [1.29, 1.82) is 0 Å². The highest BCUT2D eigenvalue weighted by atomic mass is 16.4. The topological polar surface area (TPSA) is 108 Å². The summed E-state index contributed by atoms with van der Waals surface area (Å²) in [6.07, 6.45) is -5.23. The van der Waals surface area contributed by atoms with E-state index in [1.807, 2.05) is 60.7 Å². The van der Waals surface area contributed by atoms with Crippen molar-refractivity contribution >= 4 is 0 Å². The zero-order chi connectivity index (χ0) is 21.8. The van der Waals surface area contributed by atoms with Crippen LogP contribution in [0.25, 0.3) is 0 Å². The molecule has 7 nitrogen and oxygen atoms in total. The molecule has 5 N–H and O–H groups in total. The van der Waals surface area contributed by atoms with Gasteiger partial charge in [-0.25, -0.2) is 0 Å². The second-order valence-electron chi connectivity index (χ2n) is 9.40. The molecule has 0 aromatic heterocycles. The van der Waals surface area contributed by atoms with Gasteiger partial charge in [-0.15, -0.1) is 0 Å². The van der Waals surface area contributed by atoms with E-state index in [9.17, 15) is 25.5 Å². The molecule has 2 aromatic carbocycles. The van der Waals surface area contributed by atoms with Crippen molar-refractivity contribution in [2.24, 2.45) is 0 Å². The summed E-state index contributed by atoms with van der Waals surface area (Å²) in [7, 11) is 0. The van der Waals surface area contributed by atoms with Crippen molar-refractivity contribution in [1.82, 2.24) is 9.80 Å². The molecule has 0 aliphatic carbocycles. The highest BCUT2D eigenvalue weighted by molar-refractivity contribution is 5.42. The van der Waals surface area contributed by atoms with Crippen molar-refractivity contribution in [2.45, 2.75) is 41.4 Å². The Morgan fingerprint density at radius 2 is 1.19 bits per heavy atom. The van der Waals surface area contributed by atoms with Crippen molar-refractivity contribution < 1.29 is 25.5 Å². The van der Waals surface area contributed by atoms with Gasteiger partial charge in [-0.2, -0.15) is 0 Å². The number of benzene rings is 2. The monoisotopic (exact) mass is 426 g/mol. The van der Waals surface area contributed by atoms with Gasteiger partial charge in [-0.1, -0.05) is 60.7 Å². The molecule has 4 saturated heterocycles. The Kier molecular flexibility index (Phi) is 5.18. The maximum absolute atomic E-state index is 11.9. The Bertz CT molecular complexity index is 835. The molecular formula is C24H30N2O5. The van der Waals surface area contributed by atoms with E-state index in [4.69, 9.17) is 0 Å². The first kappa shape index (κ1) is 21.0. The number of rotatable bonds is 6. The number of piperidine rings is 2. The number of aliphatic hydroxyl groups excluding tert-OH is 5. The average molecular weight is 427 g/mol. The molecule has 2 aromatic rings. The van der Waals surface area contributed by atoms with Crippen LogP contribution < -0.4 is 0 Å². The Balaban J connectivity index is 1.59. The lowest BCUT2D eigenvalue weighted by Gasteiger charge is -2.70. The number of hydrogen-bond acceptors (Lipinski definition) is 7. The van der Waals surface area contributed by atoms with E-state index >= 15 is 0 Å². The molecule has 4 aliphatic heterocycles. The fourth-order valence-corrected chi connectivity index (χ4v) is 6.31. The van der Waals surface area contributed by atoms with E-state index in [1.165, 1.54) is 0 Å². The molecule has 0 saturated carbocycles. The van der Waals surface area contributed by atoms with Crippen molar-refractivity contribution in [3.63, 3.8) is 0 Å². The summed E-state index contributed by atoms with van der Waals surface area (Å²) < 4.78 is 0. The van der Waals surface area contributed by atoms with Gasteiger partial charge in [-0.05, 0) is 11.1 Å². The van der Waals surface area contributed by atoms with Crippen LogP contribution in [0.1, 0.15) is 11.1 Å². The van der Waals surface area contributed by atoms with Crippen LogP contribution in [0.3, 0.4) is 0 Å². The molecule has 4 heterocycles. The van der Waals surface area contributed by atoms with E-state index in [1.54, 1.807) is 0 Å². The Morgan fingerprint density at radius 1 is 0.774 bits per heavy atom. The molecule has 0 amide bonds. The molecule has 4 fully saturated rings. The van der Waals surface area contributed by atoms with Gasteiger partial charge in [-0.3, -0.25) is 9.80 Å². The van der Waals surface area contributed by atoms with Crippen LogP contribution >= 0.6 is 0 Å². The summed E-state index contributed by atoms with van der Waals surface area (Å²) in [5, 5.41) is 52.4. The molecule has 4 aliphatic rings. The van der Waals surface area contributed by atoms with Gasteiger partial charge in [0, 0.05) is 37.0 Å². The summed E-state index contributed by atoms with van der Waals surface area (Å²) in [5.41, 5.74) is 1.04. The van der Waals surface area contributed by atoms with Crippen LogP contribution in [0.5, 0.6) is 0 Å². The minimum Gasteiger partial charge on any atom is -0.394 e. The van der Waals surface area contributed by atoms with Gasteiger partial charge < -0.3 is 25.5 Å². The van der Waals surface area contributed by atoms with Crippen molar-refractivity contribution in [3.8, 4) is 0 Å². The molecule has 0 radical (unpaired) electrons. The average Bonchev–Trinajstić information content (AvgIpc) is 2.81. The van der Waals surface area contributed by atoms with Crippen LogP contribution in [0.2, 0.25) is 0 Å². The molecule has 0 spiro atoms. The van der Waals surface area contributed by atoms with Gasteiger partial charge >= 0.3 is 0 Å². The SMILES string of the molecule is OC[C@H](O)[C@@H](O)[C@@H](O)C1N2CC3(c4ccccc4)CN1CC(c1ccccc1)(C2)C3O. The van der Waals surface area contributed by atoms with E-state index in [-0.39, 0.29) is 0 Å². The predicted molar refractivity (Wildman–Crippen MR) is 114 cm³/mol. The predicted octanol–water partition coefficient (Wildman–Crippen LogP) is -0.731. The summed E-state index contributed by atoms with van der Waals surface area (Å²) >= 11 is 0. The van der Waals surface area contributed by atoms with Crippen molar-refractivity contribution in [2.75, 3.05) is 32.8 Å². The Labute approximate surface area is 181 Å². The number of aliphatic hydroxyl groups is 5. The van der Waals surface area contributed by atoms with Crippen molar-refractivity contribution in [3.05, 3.63) is 71.8 Å². The lowest BCUT2D eigenvalue weighted by Crippen LogP contribution is -2.85.